The molecule has 0 bridgehead atoms. The number of hydrogen-bond acceptors (Lipinski definition) is 5. The molecule has 2 amide bonds. The Morgan fingerprint density at radius 2 is 1.92 bits per heavy atom. The smallest absolute Gasteiger partial charge is 0.254 e. The molecule has 122 valence electrons. The first-order valence-electron chi connectivity index (χ1n) is 7.81. The van der Waals surface area contributed by atoms with E-state index < -0.39 is 12.3 Å². The Morgan fingerprint density at radius 3 is 2.67 bits per heavy atom. The number of rotatable bonds is 2. The van der Waals surface area contributed by atoms with E-state index in [0.717, 1.165) is 16.7 Å². The molecule has 1 aromatic heterocycles. The highest BCUT2D eigenvalue weighted by Gasteiger charge is 2.39. The first kappa shape index (κ1) is 14.8. The van der Waals surface area contributed by atoms with Gasteiger partial charge in [0.2, 0.25) is 5.91 Å². The molecule has 2 N–H and O–H groups in total. The van der Waals surface area contributed by atoms with Gasteiger partial charge in [0, 0.05) is 36.5 Å². The lowest BCUT2D eigenvalue weighted by Crippen LogP contribution is -2.55. The van der Waals surface area contributed by atoms with E-state index in [-0.39, 0.29) is 11.8 Å². The fourth-order valence-corrected chi connectivity index (χ4v) is 3.43. The summed E-state index contributed by atoms with van der Waals surface area (Å²) in [7, 11) is 0. The van der Waals surface area contributed by atoms with Crippen molar-refractivity contribution in [3.63, 3.8) is 0 Å². The summed E-state index contributed by atoms with van der Waals surface area (Å²) in [4.78, 5) is 33.9. The molecule has 4 rings (SSSR count). The van der Waals surface area contributed by atoms with Crippen LogP contribution in [0.3, 0.4) is 0 Å². The van der Waals surface area contributed by atoms with Gasteiger partial charge in [-0.15, -0.1) is 0 Å². The molecule has 24 heavy (non-hydrogen) atoms. The predicted molar refractivity (Wildman–Crippen MR) is 84.5 cm³/mol. The van der Waals surface area contributed by atoms with Crippen LogP contribution in [0.25, 0.3) is 11.1 Å². The van der Waals surface area contributed by atoms with Gasteiger partial charge in [-0.05, 0) is 23.6 Å². The number of fused-ring (bicyclic) bond motifs is 1. The average Bonchev–Trinajstić information content (AvgIpc) is 2.93. The first-order chi connectivity index (χ1) is 11.6. The molecule has 7 nitrogen and oxygen atoms in total. The molecule has 1 saturated heterocycles. The standard InChI is InChI=1S/C17H16N4O3/c22-15-5-4-14(16(23)20-15)21-8-13-11(10-6-18-9-19-7-10)2-1-3-12(13)17(21)24/h1-3,6-7,9,14,16,23H,4-5,8H2,(H,20,22). The van der Waals surface area contributed by atoms with E-state index in [1.54, 1.807) is 23.4 Å². The number of nitrogens with one attached hydrogen (secondary N) is 1. The third-order valence-corrected chi connectivity index (χ3v) is 4.61. The summed E-state index contributed by atoms with van der Waals surface area (Å²) in [5, 5.41) is 12.6. The second kappa shape index (κ2) is 5.68. The van der Waals surface area contributed by atoms with Gasteiger partial charge in [-0.2, -0.15) is 0 Å². The molecule has 0 saturated carbocycles. The molecule has 2 atom stereocenters. The van der Waals surface area contributed by atoms with Gasteiger partial charge in [0.25, 0.3) is 5.91 Å². The van der Waals surface area contributed by atoms with Gasteiger partial charge in [-0.25, -0.2) is 9.97 Å². The zero-order valence-corrected chi connectivity index (χ0v) is 12.8. The SMILES string of the molecule is O=C1CCC(N2Cc3c(cccc3-c3cncnc3)C2=O)C(O)N1. The number of piperidine rings is 1. The van der Waals surface area contributed by atoms with Crippen LogP contribution < -0.4 is 5.32 Å². The molecule has 2 unspecified atom stereocenters. The summed E-state index contributed by atoms with van der Waals surface area (Å²) < 4.78 is 0. The summed E-state index contributed by atoms with van der Waals surface area (Å²) in [5.41, 5.74) is 3.29. The largest absolute Gasteiger partial charge is 0.372 e. The fourth-order valence-electron chi connectivity index (χ4n) is 3.43. The van der Waals surface area contributed by atoms with Crippen LogP contribution in [0.5, 0.6) is 0 Å². The molecule has 3 heterocycles. The molecule has 1 fully saturated rings. The number of carbonyl (C=O) groups is 2. The van der Waals surface area contributed by atoms with Crippen LogP contribution in [0.1, 0.15) is 28.8 Å². The zero-order valence-electron chi connectivity index (χ0n) is 12.8. The number of benzene rings is 1. The van der Waals surface area contributed by atoms with Gasteiger partial charge < -0.3 is 15.3 Å². The lowest BCUT2D eigenvalue weighted by molar-refractivity contribution is -0.129. The second-order valence-corrected chi connectivity index (χ2v) is 6.01. The second-order valence-electron chi connectivity index (χ2n) is 6.01. The highest BCUT2D eigenvalue weighted by molar-refractivity contribution is 6.00. The molecule has 2 aliphatic rings. The highest BCUT2D eigenvalue weighted by Crippen LogP contribution is 2.34. The van der Waals surface area contributed by atoms with Crippen LogP contribution in [0.4, 0.5) is 0 Å². The van der Waals surface area contributed by atoms with E-state index in [0.29, 0.717) is 24.9 Å². The Labute approximate surface area is 138 Å². The van der Waals surface area contributed by atoms with Crippen molar-refractivity contribution in [3.05, 3.63) is 48.0 Å². The topological polar surface area (TPSA) is 95.4 Å². The summed E-state index contributed by atoms with van der Waals surface area (Å²) in [6, 6.07) is 5.15. The van der Waals surface area contributed by atoms with Gasteiger partial charge >= 0.3 is 0 Å². The van der Waals surface area contributed by atoms with Crippen molar-refractivity contribution in [2.24, 2.45) is 0 Å². The minimum Gasteiger partial charge on any atom is -0.372 e. The average molecular weight is 324 g/mol. The van der Waals surface area contributed by atoms with Gasteiger partial charge in [-0.1, -0.05) is 12.1 Å². The summed E-state index contributed by atoms with van der Waals surface area (Å²) in [6.45, 7) is 0.400. The van der Waals surface area contributed by atoms with E-state index in [1.165, 1.54) is 6.33 Å². The Morgan fingerprint density at radius 1 is 1.17 bits per heavy atom. The van der Waals surface area contributed by atoms with E-state index in [9.17, 15) is 14.7 Å². The number of nitrogens with zero attached hydrogens (tertiary/aromatic N) is 3. The first-order valence-corrected chi connectivity index (χ1v) is 7.81. The van der Waals surface area contributed by atoms with Crippen LogP contribution in [0.15, 0.2) is 36.9 Å². The number of amides is 2. The van der Waals surface area contributed by atoms with Gasteiger partial charge in [0.15, 0.2) is 0 Å². The van der Waals surface area contributed by atoms with Crippen molar-refractivity contribution in [2.45, 2.75) is 31.7 Å². The summed E-state index contributed by atoms with van der Waals surface area (Å²) in [5.74, 6) is -0.311. The van der Waals surface area contributed by atoms with Crippen LogP contribution in [-0.4, -0.2) is 44.1 Å². The minimum absolute atomic E-state index is 0.121. The van der Waals surface area contributed by atoms with E-state index in [4.69, 9.17) is 0 Å². The predicted octanol–water partition coefficient (Wildman–Crippen LogP) is 0.696. The molecule has 0 aliphatic carbocycles. The maximum absolute atomic E-state index is 12.8. The van der Waals surface area contributed by atoms with Crippen molar-refractivity contribution < 1.29 is 14.7 Å². The number of aliphatic hydroxyl groups is 1. The molecule has 7 heteroatoms. The molecule has 2 aromatic rings. The Balaban J connectivity index is 1.69. The zero-order chi connectivity index (χ0) is 16.7. The van der Waals surface area contributed by atoms with E-state index in [1.807, 2.05) is 12.1 Å². The number of hydrogen-bond donors (Lipinski definition) is 2. The van der Waals surface area contributed by atoms with Crippen molar-refractivity contribution in [1.82, 2.24) is 20.2 Å². The maximum atomic E-state index is 12.8. The maximum Gasteiger partial charge on any atom is 0.254 e. The number of aliphatic hydroxyl groups excluding tert-OH is 1. The molecular weight excluding hydrogens is 308 g/mol. The van der Waals surface area contributed by atoms with E-state index >= 15 is 0 Å². The highest BCUT2D eigenvalue weighted by atomic mass is 16.3. The molecule has 0 spiro atoms. The molecule has 2 aliphatic heterocycles. The Kier molecular flexibility index (Phi) is 3.50. The minimum atomic E-state index is -1.03. The van der Waals surface area contributed by atoms with Crippen LogP contribution in [0, 0.1) is 0 Å². The lowest BCUT2D eigenvalue weighted by Gasteiger charge is -2.35. The molecule has 1 aromatic carbocycles. The van der Waals surface area contributed by atoms with Crippen molar-refractivity contribution in [2.75, 3.05) is 0 Å². The third-order valence-electron chi connectivity index (χ3n) is 4.61. The van der Waals surface area contributed by atoms with Gasteiger partial charge in [0.1, 0.15) is 12.6 Å². The number of aromatic nitrogens is 2. The summed E-state index contributed by atoms with van der Waals surface area (Å²) >= 11 is 0. The van der Waals surface area contributed by atoms with Crippen molar-refractivity contribution >= 4 is 11.8 Å². The van der Waals surface area contributed by atoms with E-state index in [2.05, 4.69) is 15.3 Å². The van der Waals surface area contributed by atoms with Crippen LogP contribution in [0.2, 0.25) is 0 Å². The van der Waals surface area contributed by atoms with Crippen molar-refractivity contribution in [3.8, 4) is 11.1 Å². The Bertz CT molecular complexity index is 809. The van der Waals surface area contributed by atoms with Crippen molar-refractivity contribution in [1.29, 1.82) is 0 Å². The van der Waals surface area contributed by atoms with Gasteiger partial charge in [0.05, 0.1) is 6.04 Å². The third kappa shape index (κ3) is 2.33. The number of carbonyl (C=O) groups excluding carboxylic acids is 2. The van der Waals surface area contributed by atoms with Crippen LogP contribution in [-0.2, 0) is 11.3 Å². The Hall–Kier alpha value is -2.80. The lowest BCUT2D eigenvalue weighted by atomic mass is 9.99. The monoisotopic (exact) mass is 324 g/mol. The molecular formula is C17H16N4O3. The van der Waals surface area contributed by atoms with Gasteiger partial charge in [-0.3, -0.25) is 9.59 Å². The quantitative estimate of drug-likeness (QED) is 0.848. The van der Waals surface area contributed by atoms with Crippen LogP contribution >= 0.6 is 0 Å². The summed E-state index contributed by atoms with van der Waals surface area (Å²) in [6.07, 6.45) is 4.62. The fraction of sp³-hybridized carbons (Fsp3) is 0.294. The normalized spacial score (nSPS) is 23.1. The molecule has 0 radical (unpaired) electrons.